The number of carbonyl (C=O) groups is 1. The third-order valence-electron chi connectivity index (χ3n) is 4.11. The molecule has 0 fully saturated rings. The number of carbonyl (C=O) groups excluding carboxylic acids is 1. The fourth-order valence-electron chi connectivity index (χ4n) is 2.67. The summed E-state index contributed by atoms with van der Waals surface area (Å²) in [6.07, 6.45) is -1.99. The van der Waals surface area contributed by atoms with Crippen LogP contribution in [0.1, 0.15) is 27.0 Å². The van der Waals surface area contributed by atoms with Gasteiger partial charge in [-0.3, -0.25) is 4.79 Å². The van der Waals surface area contributed by atoms with Crippen molar-refractivity contribution in [3.05, 3.63) is 77.1 Å². The number of hydrogen-bond donors (Lipinski definition) is 2. The molecule has 0 atom stereocenters. The highest BCUT2D eigenvalue weighted by Crippen LogP contribution is 2.35. The van der Waals surface area contributed by atoms with Crippen molar-refractivity contribution in [1.82, 2.24) is 9.97 Å². The van der Waals surface area contributed by atoms with Gasteiger partial charge >= 0.3 is 6.18 Å². The zero-order chi connectivity index (χ0) is 20.3. The Labute approximate surface area is 159 Å². The van der Waals surface area contributed by atoms with Crippen LogP contribution in [-0.4, -0.2) is 15.9 Å². The third kappa shape index (κ3) is 4.28. The van der Waals surface area contributed by atoms with Gasteiger partial charge in [0.2, 0.25) is 5.95 Å². The average molecular weight is 386 g/mol. The zero-order valence-electron chi connectivity index (χ0n) is 15.1. The van der Waals surface area contributed by atoms with Gasteiger partial charge in [0.1, 0.15) is 0 Å². The SMILES string of the molecule is Cc1cccc(C)c1NC(=O)c1cnc(Nc2ccccc2C(F)(F)F)nc1. The Kier molecular flexibility index (Phi) is 5.30. The fourth-order valence-corrected chi connectivity index (χ4v) is 2.67. The van der Waals surface area contributed by atoms with Crippen molar-refractivity contribution >= 4 is 23.2 Å². The topological polar surface area (TPSA) is 66.9 Å². The molecule has 0 spiro atoms. The van der Waals surface area contributed by atoms with Crippen molar-refractivity contribution in [3.63, 3.8) is 0 Å². The monoisotopic (exact) mass is 386 g/mol. The van der Waals surface area contributed by atoms with E-state index in [1.807, 2.05) is 32.0 Å². The molecule has 0 saturated carbocycles. The number of halogens is 3. The van der Waals surface area contributed by atoms with Crippen molar-refractivity contribution in [2.45, 2.75) is 20.0 Å². The van der Waals surface area contributed by atoms with Crippen molar-refractivity contribution in [3.8, 4) is 0 Å². The van der Waals surface area contributed by atoms with E-state index in [2.05, 4.69) is 20.6 Å². The van der Waals surface area contributed by atoms with Gasteiger partial charge < -0.3 is 10.6 Å². The van der Waals surface area contributed by atoms with Gasteiger partial charge in [-0.15, -0.1) is 0 Å². The second-order valence-corrected chi connectivity index (χ2v) is 6.18. The number of alkyl halides is 3. The number of para-hydroxylation sites is 2. The van der Waals surface area contributed by atoms with Gasteiger partial charge in [-0.1, -0.05) is 30.3 Å². The lowest BCUT2D eigenvalue weighted by Gasteiger charge is -2.13. The highest BCUT2D eigenvalue weighted by molar-refractivity contribution is 6.04. The molecular weight excluding hydrogens is 369 g/mol. The summed E-state index contributed by atoms with van der Waals surface area (Å²) >= 11 is 0. The first-order chi connectivity index (χ1) is 13.3. The molecule has 0 aliphatic carbocycles. The lowest BCUT2D eigenvalue weighted by molar-refractivity contribution is -0.136. The van der Waals surface area contributed by atoms with E-state index in [4.69, 9.17) is 0 Å². The first-order valence-corrected chi connectivity index (χ1v) is 8.38. The second-order valence-electron chi connectivity index (χ2n) is 6.18. The minimum absolute atomic E-state index is 0.0414. The molecule has 0 radical (unpaired) electrons. The number of amides is 1. The minimum Gasteiger partial charge on any atom is -0.324 e. The summed E-state index contributed by atoms with van der Waals surface area (Å²) in [5.41, 5.74) is 1.73. The van der Waals surface area contributed by atoms with Gasteiger partial charge in [0.25, 0.3) is 5.91 Å². The quantitative estimate of drug-likeness (QED) is 0.654. The highest BCUT2D eigenvalue weighted by Gasteiger charge is 2.33. The normalized spacial score (nSPS) is 11.2. The Morgan fingerprint density at radius 1 is 0.929 bits per heavy atom. The standard InChI is InChI=1S/C20H17F3N4O/c1-12-6-5-7-13(2)17(12)27-18(28)14-10-24-19(25-11-14)26-16-9-4-3-8-15(16)20(21,22)23/h3-11H,1-2H3,(H,27,28)(H,24,25,26). The van der Waals surface area contributed by atoms with Gasteiger partial charge in [-0.25, -0.2) is 9.97 Å². The summed E-state index contributed by atoms with van der Waals surface area (Å²) in [6, 6.07) is 10.7. The van der Waals surface area contributed by atoms with Gasteiger partial charge in [0, 0.05) is 18.1 Å². The van der Waals surface area contributed by atoms with E-state index in [9.17, 15) is 18.0 Å². The maximum absolute atomic E-state index is 13.1. The molecule has 2 N–H and O–H groups in total. The maximum atomic E-state index is 13.1. The summed E-state index contributed by atoms with van der Waals surface area (Å²) in [5, 5.41) is 5.34. The van der Waals surface area contributed by atoms with Crippen LogP contribution in [0.2, 0.25) is 0 Å². The molecule has 8 heteroatoms. The molecule has 0 saturated heterocycles. The number of rotatable bonds is 4. The van der Waals surface area contributed by atoms with Crippen molar-refractivity contribution in [2.24, 2.45) is 0 Å². The molecule has 0 aliphatic heterocycles. The number of benzene rings is 2. The molecule has 1 amide bonds. The van der Waals surface area contributed by atoms with Crippen LogP contribution in [-0.2, 0) is 6.18 Å². The highest BCUT2D eigenvalue weighted by atomic mass is 19.4. The van der Waals surface area contributed by atoms with Crippen LogP contribution in [0.25, 0.3) is 0 Å². The van der Waals surface area contributed by atoms with E-state index in [-0.39, 0.29) is 17.2 Å². The summed E-state index contributed by atoms with van der Waals surface area (Å²) in [4.78, 5) is 20.3. The summed E-state index contributed by atoms with van der Waals surface area (Å²) < 4.78 is 39.2. The van der Waals surface area contributed by atoms with Gasteiger partial charge in [0.15, 0.2) is 0 Å². The number of hydrogen-bond acceptors (Lipinski definition) is 4. The zero-order valence-corrected chi connectivity index (χ0v) is 15.1. The number of aromatic nitrogens is 2. The van der Waals surface area contributed by atoms with Crippen LogP contribution >= 0.6 is 0 Å². The van der Waals surface area contributed by atoms with E-state index in [1.165, 1.54) is 30.6 Å². The van der Waals surface area contributed by atoms with Crippen molar-refractivity contribution in [2.75, 3.05) is 10.6 Å². The smallest absolute Gasteiger partial charge is 0.324 e. The molecule has 0 bridgehead atoms. The Bertz CT molecular complexity index is 981. The van der Waals surface area contributed by atoms with Crippen LogP contribution in [0, 0.1) is 13.8 Å². The van der Waals surface area contributed by atoms with Crippen LogP contribution in [0.5, 0.6) is 0 Å². The predicted octanol–water partition coefficient (Wildman–Crippen LogP) is 5.11. The summed E-state index contributed by atoms with van der Waals surface area (Å²) in [7, 11) is 0. The molecule has 1 heterocycles. The van der Waals surface area contributed by atoms with Crippen LogP contribution in [0.3, 0.4) is 0 Å². The lowest BCUT2D eigenvalue weighted by Crippen LogP contribution is -2.15. The summed E-state index contributed by atoms with van der Waals surface area (Å²) in [5.74, 6) is -0.444. The molecule has 1 aromatic heterocycles. The molecule has 0 unspecified atom stereocenters. The maximum Gasteiger partial charge on any atom is 0.418 e. The fraction of sp³-hybridized carbons (Fsp3) is 0.150. The molecule has 0 aliphatic rings. The molecule has 144 valence electrons. The Morgan fingerprint density at radius 2 is 1.54 bits per heavy atom. The summed E-state index contributed by atoms with van der Waals surface area (Å²) in [6.45, 7) is 3.76. The second kappa shape index (κ2) is 7.67. The molecule has 2 aromatic carbocycles. The first-order valence-electron chi connectivity index (χ1n) is 8.38. The number of anilines is 3. The molecule has 3 aromatic rings. The van der Waals surface area contributed by atoms with E-state index >= 15 is 0 Å². The third-order valence-corrected chi connectivity index (χ3v) is 4.11. The lowest BCUT2D eigenvalue weighted by atomic mass is 10.1. The van der Waals surface area contributed by atoms with Gasteiger partial charge in [0.05, 0.1) is 16.8 Å². The van der Waals surface area contributed by atoms with Gasteiger partial charge in [-0.2, -0.15) is 13.2 Å². The number of nitrogens with one attached hydrogen (secondary N) is 2. The minimum atomic E-state index is -4.51. The molecule has 28 heavy (non-hydrogen) atoms. The van der Waals surface area contributed by atoms with Crippen LogP contribution in [0.15, 0.2) is 54.9 Å². The Hall–Kier alpha value is -3.42. The largest absolute Gasteiger partial charge is 0.418 e. The first kappa shape index (κ1) is 19.3. The van der Waals surface area contributed by atoms with Crippen LogP contribution in [0.4, 0.5) is 30.5 Å². The predicted molar refractivity (Wildman–Crippen MR) is 101 cm³/mol. The average Bonchev–Trinajstić information content (AvgIpc) is 2.65. The van der Waals surface area contributed by atoms with E-state index in [0.717, 1.165) is 17.2 Å². The Morgan fingerprint density at radius 3 is 2.14 bits per heavy atom. The molecule has 5 nitrogen and oxygen atoms in total. The van der Waals surface area contributed by atoms with Crippen molar-refractivity contribution < 1.29 is 18.0 Å². The number of nitrogens with zero attached hydrogens (tertiary/aromatic N) is 2. The van der Waals surface area contributed by atoms with E-state index < -0.39 is 17.6 Å². The van der Waals surface area contributed by atoms with Crippen molar-refractivity contribution in [1.29, 1.82) is 0 Å². The molecule has 3 rings (SSSR count). The van der Waals surface area contributed by atoms with Crippen LogP contribution < -0.4 is 10.6 Å². The van der Waals surface area contributed by atoms with Gasteiger partial charge in [-0.05, 0) is 37.1 Å². The van der Waals surface area contributed by atoms with E-state index in [1.54, 1.807) is 0 Å². The number of aryl methyl sites for hydroxylation is 2. The van der Waals surface area contributed by atoms with E-state index in [0.29, 0.717) is 5.69 Å². The Balaban J connectivity index is 1.77. The molecular formula is C20H17F3N4O.